The van der Waals surface area contributed by atoms with Gasteiger partial charge in [0, 0.05) is 12.6 Å². The topological polar surface area (TPSA) is 61.4 Å². The average Bonchev–Trinajstić information content (AvgIpc) is 2.68. The lowest BCUT2D eigenvalue weighted by Crippen LogP contribution is -2.40. The molecule has 1 aromatic rings. The third-order valence-electron chi connectivity index (χ3n) is 3.40. The zero-order valence-electron chi connectivity index (χ0n) is 10.8. The van der Waals surface area contributed by atoms with Crippen molar-refractivity contribution in [2.45, 2.75) is 31.7 Å². The van der Waals surface area contributed by atoms with Gasteiger partial charge in [0.15, 0.2) is 11.6 Å². The maximum absolute atomic E-state index is 13.1. The van der Waals surface area contributed by atoms with Gasteiger partial charge in [-0.15, -0.1) is 0 Å². The number of carbonyl (C=O) groups excluding carboxylic acids is 1. The predicted molar refractivity (Wildman–Crippen MR) is 70.7 cm³/mol. The van der Waals surface area contributed by atoms with Gasteiger partial charge in [-0.3, -0.25) is 4.79 Å². The van der Waals surface area contributed by atoms with Crippen LogP contribution in [0.5, 0.6) is 5.75 Å². The van der Waals surface area contributed by atoms with E-state index in [4.69, 9.17) is 0 Å². The molecule has 2 rings (SSSR count). The van der Waals surface area contributed by atoms with Gasteiger partial charge in [0.2, 0.25) is 0 Å². The molecule has 1 amide bonds. The number of benzene rings is 1. The smallest absolute Gasteiger partial charge is 0.255 e. The predicted octanol–water partition coefficient (Wildman–Crippen LogP) is 1.79. The molecule has 1 heterocycles. The zero-order valence-corrected chi connectivity index (χ0v) is 10.8. The first-order valence-corrected chi connectivity index (χ1v) is 6.67. The minimum absolute atomic E-state index is 0.0198. The molecule has 0 bridgehead atoms. The zero-order chi connectivity index (χ0) is 13.7. The second-order valence-corrected chi connectivity index (χ2v) is 4.85. The van der Waals surface area contributed by atoms with Crippen LogP contribution in [0, 0.1) is 5.82 Å². The highest BCUT2D eigenvalue weighted by Gasteiger charge is 2.16. The Balaban J connectivity index is 1.91. The summed E-state index contributed by atoms with van der Waals surface area (Å²) in [5, 5.41) is 15.6. The molecule has 0 unspecified atom stereocenters. The van der Waals surface area contributed by atoms with Gasteiger partial charge in [-0.1, -0.05) is 18.9 Å². The van der Waals surface area contributed by atoms with E-state index in [0.717, 1.165) is 31.9 Å². The Hall–Kier alpha value is -1.62. The molecule has 1 aromatic carbocycles. The van der Waals surface area contributed by atoms with Gasteiger partial charge in [0.1, 0.15) is 0 Å². The Morgan fingerprint density at radius 3 is 3.11 bits per heavy atom. The van der Waals surface area contributed by atoms with Gasteiger partial charge in [0.25, 0.3) is 5.91 Å². The molecule has 0 aromatic heterocycles. The molecule has 0 radical (unpaired) electrons. The number of hydrogen-bond donors (Lipinski definition) is 3. The summed E-state index contributed by atoms with van der Waals surface area (Å²) in [7, 11) is 0. The molecular weight excluding hydrogens is 247 g/mol. The summed E-state index contributed by atoms with van der Waals surface area (Å²) < 4.78 is 13.1. The van der Waals surface area contributed by atoms with Crippen LogP contribution >= 0.6 is 0 Å². The first-order valence-electron chi connectivity index (χ1n) is 6.67. The molecule has 1 atom stereocenters. The van der Waals surface area contributed by atoms with Crippen molar-refractivity contribution in [2.24, 2.45) is 0 Å². The summed E-state index contributed by atoms with van der Waals surface area (Å²) in [6.07, 6.45) is 4.55. The second kappa shape index (κ2) is 6.52. The van der Waals surface area contributed by atoms with Crippen LogP contribution in [0.4, 0.5) is 4.39 Å². The first kappa shape index (κ1) is 13.8. The highest BCUT2D eigenvalue weighted by Crippen LogP contribution is 2.20. The molecular formula is C14H19FN2O2. The number of carbonyl (C=O) groups is 1. The first-order chi connectivity index (χ1) is 9.18. The van der Waals surface area contributed by atoms with Crippen LogP contribution in [0.1, 0.15) is 36.0 Å². The number of halogens is 1. The number of para-hydroxylation sites is 1. The van der Waals surface area contributed by atoms with E-state index in [9.17, 15) is 14.3 Å². The van der Waals surface area contributed by atoms with E-state index in [1.807, 2.05) is 0 Å². The van der Waals surface area contributed by atoms with Gasteiger partial charge in [0.05, 0.1) is 5.56 Å². The molecule has 0 saturated carbocycles. The Morgan fingerprint density at radius 2 is 2.26 bits per heavy atom. The second-order valence-electron chi connectivity index (χ2n) is 4.85. The van der Waals surface area contributed by atoms with Crippen LogP contribution in [0.15, 0.2) is 18.2 Å². The Bertz CT molecular complexity index is 443. The van der Waals surface area contributed by atoms with Crippen LogP contribution in [0.3, 0.4) is 0 Å². The molecule has 3 N–H and O–H groups in total. The number of aromatic hydroxyl groups is 1. The molecule has 1 aliphatic heterocycles. The number of nitrogens with one attached hydrogen (secondary N) is 2. The Labute approximate surface area is 112 Å². The van der Waals surface area contributed by atoms with Crippen molar-refractivity contribution in [1.82, 2.24) is 10.6 Å². The van der Waals surface area contributed by atoms with Crippen LogP contribution in [0.25, 0.3) is 0 Å². The van der Waals surface area contributed by atoms with Crippen molar-refractivity contribution in [2.75, 3.05) is 13.1 Å². The molecule has 1 aliphatic rings. The number of phenols is 1. The quantitative estimate of drug-likeness (QED) is 0.781. The van der Waals surface area contributed by atoms with Crippen molar-refractivity contribution in [3.05, 3.63) is 29.6 Å². The van der Waals surface area contributed by atoms with Gasteiger partial charge in [-0.2, -0.15) is 0 Å². The van der Waals surface area contributed by atoms with E-state index in [-0.39, 0.29) is 11.6 Å². The molecule has 19 heavy (non-hydrogen) atoms. The molecule has 1 fully saturated rings. The summed E-state index contributed by atoms with van der Waals surface area (Å²) in [5.41, 5.74) is -0.0198. The largest absolute Gasteiger partial charge is 0.504 e. The highest BCUT2D eigenvalue weighted by atomic mass is 19.1. The van der Waals surface area contributed by atoms with E-state index in [0.29, 0.717) is 6.54 Å². The lowest BCUT2D eigenvalue weighted by Gasteiger charge is -2.16. The minimum atomic E-state index is -0.778. The summed E-state index contributed by atoms with van der Waals surface area (Å²) >= 11 is 0. The number of phenolic OH excluding ortho intramolecular Hbond substituents is 1. The summed E-state index contributed by atoms with van der Waals surface area (Å²) in [6, 6.07) is 4.20. The summed E-state index contributed by atoms with van der Waals surface area (Å²) in [4.78, 5) is 11.9. The minimum Gasteiger partial charge on any atom is -0.504 e. The van der Waals surface area contributed by atoms with Crippen molar-refractivity contribution < 1.29 is 14.3 Å². The average molecular weight is 266 g/mol. The maximum atomic E-state index is 13.1. The molecule has 0 spiro atoms. The van der Waals surface area contributed by atoms with Crippen LogP contribution in [0.2, 0.25) is 0 Å². The molecule has 104 valence electrons. The van der Waals surface area contributed by atoms with Crippen molar-refractivity contribution in [3.63, 3.8) is 0 Å². The van der Waals surface area contributed by atoms with E-state index < -0.39 is 17.5 Å². The monoisotopic (exact) mass is 266 g/mol. The molecule has 5 heteroatoms. The fraction of sp³-hybridized carbons (Fsp3) is 0.500. The molecule has 0 aliphatic carbocycles. The lowest BCUT2D eigenvalue weighted by atomic mass is 10.1. The van der Waals surface area contributed by atoms with Gasteiger partial charge in [-0.25, -0.2) is 4.39 Å². The third-order valence-corrected chi connectivity index (χ3v) is 3.40. The van der Waals surface area contributed by atoms with E-state index >= 15 is 0 Å². The third kappa shape index (κ3) is 3.67. The van der Waals surface area contributed by atoms with E-state index in [1.165, 1.54) is 18.6 Å². The molecule has 4 nitrogen and oxygen atoms in total. The highest BCUT2D eigenvalue weighted by molar-refractivity contribution is 5.96. The maximum Gasteiger partial charge on any atom is 0.255 e. The number of amides is 1. The van der Waals surface area contributed by atoms with Gasteiger partial charge in [-0.05, 0) is 31.5 Å². The van der Waals surface area contributed by atoms with Crippen molar-refractivity contribution >= 4 is 5.91 Å². The normalized spacial score (nSPS) is 19.7. The van der Waals surface area contributed by atoms with Crippen LogP contribution in [-0.4, -0.2) is 30.1 Å². The fourth-order valence-corrected chi connectivity index (χ4v) is 2.28. The number of hydrogen-bond acceptors (Lipinski definition) is 3. The lowest BCUT2D eigenvalue weighted by molar-refractivity contribution is 0.0945. The molecule has 1 saturated heterocycles. The van der Waals surface area contributed by atoms with E-state index in [1.54, 1.807) is 0 Å². The van der Waals surface area contributed by atoms with Gasteiger partial charge >= 0.3 is 0 Å². The fourth-order valence-electron chi connectivity index (χ4n) is 2.28. The summed E-state index contributed by atoms with van der Waals surface area (Å²) in [5.74, 6) is -1.81. The van der Waals surface area contributed by atoms with Crippen LogP contribution < -0.4 is 10.6 Å². The SMILES string of the molecule is O=C(NC[C@H]1CCCCCN1)c1cccc(F)c1O. The number of rotatable bonds is 3. The van der Waals surface area contributed by atoms with Crippen LogP contribution in [-0.2, 0) is 0 Å². The standard InChI is InChI=1S/C14H19FN2O2/c15-12-7-4-6-11(13(12)18)14(19)17-9-10-5-2-1-3-8-16-10/h4,6-7,10,16,18H,1-3,5,8-9H2,(H,17,19)/t10-/m1/s1. The van der Waals surface area contributed by atoms with Crippen molar-refractivity contribution in [1.29, 1.82) is 0 Å². The Kier molecular flexibility index (Phi) is 4.74. The van der Waals surface area contributed by atoms with Crippen molar-refractivity contribution in [3.8, 4) is 5.75 Å². The Morgan fingerprint density at radius 1 is 1.42 bits per heavy atom. The van der Waals surface area contributed by atoms with E-state index in [2.05, 4.69) is 10.6 Å². The van der Waals surface area contributed by atoms with Gasteiger partial charge < -0.3 is 15.7 Å². The summed E-state index contributed by atoms with van der Waals surface area (Å²) in [6.45, 7) is 1.46.